The smallest absolute Gasteiger partial charge is 0.0562 e. The first-order valence-electron chi connectivity index (χ1n) is 3.65. The standard InChI is InChI=1S/C7H14O2/c8-7-3-1-2-5-9-6-4-7/h7-8H,1-6H2. The minimum atomic E-state index is -0.106. The number of rotatable bonds is 0. The van der Waals surface area contributed by atoms with Crippen molar-refractivity contribution in [3.63, 3.8) is 0 Å². The molecule has 1 saturated heterocycles. The lowest BCUT2D eigenvalue weighted by Gasteiger charge is -2.13. The minimum Gasteiger partial charge on any atom is -0.393 e. The lowest BCUT2D eigenvalue weighted by atomic mass is 10.1. The van der Waals surface area contributed by atoms with Crippen LogP contribution in [0.5, 0.6) is 0 Å². The summed E-state index contributed by atoms with van der Waals surface area (Å²) in [4.78, 5) is 0. The zero-order chi connectivity index (χ0) is 6.53. The highest BCUT2D eigenvalue weighted by molar-refractivity contribution is 4.57. The number of hydrogen-bond acceptors (Lipinski definition) is 2. The molecule has 1 atom stereocenters. The molecule has 1 heterocycles. The van der Waals surface area contributed by atoms with Crippen molar-refractivity contribution in [3.8, 4) is 0 Å². The van der Waals surface area contributed by atoms with Gasteiger partial charge >= 0.3 is 0 Å². The Morgan fingerprint density at radius 1 is 1.11 bits per heavy atom. The Balaban J connectivity index is 2.12. The Morgan fingerprint density at radius 2 is 2.00 bits per heavy atom. The van der Waals surface area contributed by atoms with Gasteiger partial charge in [-0.3, -0.25) is 0 Å². The van der Waals surface area contributed by atoms with E-state index in [-0.39, 0.29) is 6.10 Å². The molecular formula is C7H14O2. The molecule has 2 heteroatoms. The van der Waals surface area contributed by atoms with Gasteiger partial charge in [0, 0.05) is 13.2 Å². The lowest BCUT2D eigenvalue weighted by Crippen LogP contribution is -2.14. The summed E-state index contributed by atoms with van der Waals surface area (Å²) in [5, 5.41) is 9.13. The van der Waals surface area contributed by atoms with E-state index in [0.717, 1.165) is 38.9 Å². The molecule has 9 heavy (non-hydrogen) atoms. The van der Waals surface area contributed by atoms with E-state index in [4.69, 9.17) is 9.84 Å². The van der Waals surface area contributed by atoms with Crippen molar-refractivity contribution < 1.29 is 9.84 Å². The Labute approximate surface area is 55.8 Å². The Kier molecular flexibility index (Phi) is 3.01. The molecule has 0 aromatic heterocycles. The third-order valence-electron chi connectivity index (χ3n) is 1.67. The molecule has 0 bridgehead atoms. The molecule has 1 aliphatic rings. The van der Waals surface area contributed by atoms with Gasteiger partial charge in [0.15, 0.2) is 0 Å². The van der Waals surface area contributed by atoms with E-state index in [1.807, 2.05) is 0 Å². The molecule has 0 radical (unpaired) electrons. The van der Waals surface area contributed by atoms with Gasteiger partial charge in [0.2, 0.25) is 0 Å². The first-order valence-corrected chi connectivity index (χ1v) is 3.65. The van der Waals surface area contributed by atoms with Crippen molar-refractivity contribution in [2.75, 3.05) is 13.2 Å². The fraction of sp³-hybridized carbons (Fsp3) is 1.00. The quantitative estimate of drug-likeness (QED) is 0.528. The van der Waals surface area contributed by atoms with Crippen LogP contribution in [-0.2, 0) is 4.74 Å². The highest BCUT2D eigenvalue weighted by Crippen LogP contribution is 2.08. The second kappa shape index (κ2) is 3.85. The van der Waals surface area contributed by atoms with Crippen LogP contribution in [0.25, 0.3) is 0 Å². The lowest BCUT2D eigenvalue weighted by molar-refractivity contribution is 0.0567. The van der Waals surface area contributed by atoms with Crippen LogP contribution in [0.2, 0.25) is 0 Å². The molecule has 1 aliphatic heterocycles. The van der Waals surface area contributed by atoms with E-state index in [1.54, 1.807) is 0 Å². The highest BCUT2D eigenvalue weighted by atomic mass is 16.5. The molecular weight excluding hydrogens is 116 g/mol. The van der Waals surface area contributed by atoms with Gasteiger partial charge in [0.1, 0.15) is 0 Å². The van der Waals surface area contributed by atoms with Gasteiger partial charge in [-0.05, 0) is 25.7 Å². The van der Waals surface area contributed by atoms with Crippen molar-refractivity contribution in [2.24, 2.45) is 0 Å². The normalized spacial score (nSPS) is 31.0. The first kappa shape index (κ1) is 7.03. The van der Waals surface area contributed by atoms with Crippen molar-refractivity contribution in [3.05, 3.63) is 0 Å². The van der Waals surface area contributed by atoms with Gasteiger partial charge in [-0.2, -0.15) is 0 Å². The Bertz CT molecular complexity index is 65.3. The van der Waals surface area contributed by atoms with Gasteiger partial charge in [-0.1, -0.05) is 0 Å². The van der Waals surface area contributed by atoms with Gasteiger partial charge in [-0.15, -0.1) is 0 Å². The van der Waals surface area contributed by atoms with Crippen LogP contribution in [0.4, 0.5) is 0 Å². The van der Waals surface area contributed by atoms with Crippen LogP contribution >= 0.6 is 0 Å². The van der Waals surface area contributed by atoms with Crippen LogP contribution in [-0.4, -0.2) is 24.4 Å². The molecule has 2 nitrogen and oxygen atoms in total. The second-order valence-electron chi connectivity index (χ2n) is 2.55. The average Bonchev–Trinajstić information content (AvgIpc) is 1.79. The van der Waals surface area contributed by atoms with Crippen LogP contribution in [0.15, 0.2) is 0 Å². The van der Waals surface area contributed by atoms with Crippen molar-refractivity contribution >= 4 is 0 Å². The maximum absolute atomic E-state index is 9.13. The van der Waals surface area contributed by atoms with Gasteiger partial charge in [-0.25, -0.2) is 0 Å². The van der Waals surface area contributed by atoms with Gasteiger partial charge in [0.25, 0.3) is 0 Å². The number of aliphatic hydroxyl groups is 1. The van der Waals surface area contributed by atoms with Gasteiger partial charge in [0.05, 0.1) is 6.10 Å². The van der Waals surface area contributed by atoms with Crippen molar-refractivity contribution in [1.29, 1.82) is 0 Å². The van der Waals surface area contributed by atoms with Crippen LogP contribution in [0.1, 0.15) is 25.7 Å². The predicted molar refractivity (Wildman–Crippen MR) is 35.3 cm³/mol. The zero-order valence-corrected chi connectivity index (χ0v) is 5.68. The maximum atomic E-state index is 9.13. The average molecular weight is 130 g/mol. The summed E-state index contributed by atoms with van der Waals surface area (Å²) in [6, 6.07) is 0. The molecule has 0 amide bonds. The molecule has 0 saturated carbocycles. The van der Waals surface area contributed by atoms with E-state index in [0.29, 0.717) is 0 Å². The largest absolute Gasteiger partial charge is 0.393 e. The summed E-state index contributed by atoms with van der Waals surface area (Å²) in [6.07, 6.45) is 3.90. The summed E-state index contributed by atoms with van der Waals surface area (Å²) in [5.41, 5.74) is 0. The van der Waals surface area contributed by atoms with Crippen LogP contribution < -0.4 is 0 Å². The molecule has 1 unspecified atom stereocenters. The van der Waals surface area contributed by atoms with Crippen LogP contribution in [0.3, 0.4) is 0 Å². The monoisotopic (exact) mass is 130 g/mol. The first-order chi connectivity index (χ1) is 4.39. The van der Waals surface area contributed by atoms with Crippen molar-refractivity contribution in [2.45, 2.75) is 31.8 Å². The summed E-state index contributed by atoms with van der Waals surface area (Å²) in [6.45, 7) is 1.62. The second-order valence-corrected chi connectivity index (χ2v) is 2.55. The predicted octanol–water partition coefficient (Wildman–Crippen LogP) is 0.938. The van der Waals surface area contributed by atoms with Gasteiger partial charge < -0.3 is 9.84 Å². The fourth-order valence-electron chi connectivity index (χ4n) is 1.05. The molecule has 0 aromatic carbocycles. The summed E-state index contributed by atoms with van der Waals surface area (Å²) in [5.74, 6) is 0. The van der Waals surface area contributed by atoms with E-state index < -0.39 is 0 Å². The molecule has 1 N–H and O–H groups in total. The molecule has 0 aliphatic carbocycles. The molecule has 1 rings (SSSR count). The Morgan fingerprint density at radius 3 is 2.89 bits per heavy atom. The fourth-order valence-corrected chi connectivity index (χ4v) is 1.05. The zero-order valence-electron chi connectivity index (χ0n) is 5.68. The summed E-state index contributed by atoms with van der Waals surface area (Å²) in [7, 11) is 0. The number of aliphatic hydroxyl groups excluding tert-OH is 1. The number of ether oxygens (including phenoxy) is 1. The SMILES string of the molecule is OC1CCCCOCC1. The number of hydrogen-bond donors (Lipinski definition) is 1. The van der Waals surface area contributed by atoms with E-state index in [2.05, 4.69) is 0 Å². The maximum Gasteiger partial charge on any atom is 0.0562 e. The molecule has 0 aromatic rings. The summed E-state index contributed by atoms with van der Waals surface area (Å²) >= 11 is 0. The highest BCUT2D eigenvalue weighted by Gasteiger charge is 2.06. The van der Waals surface area contributed by atoms with Crippen molar-refractivity contribution in [1.82, 2.24) is 0 Å². The Hall–Kier alpha value is -0.0800. The molecule has 1 fully saturated rings. The van der Waals surface area contributed by atoms with Crippen LogP contribution in [0, 0.1) is 0 Å². The van der Waals surface area contributed by atoms with E-state index in [9.17, 15) is 0 Å². The third-order valence-corrected chi connectivity index (χ3v) is 1.67. The minimum absolute atomic E-state index is 0.106. The van der Waals surface area contributed by atoms with E-state index in [1.165, 1.54) is 0 Å². The molecule has 0 spiro atoms. The molecule has 54 valence electrons. The summed E-state index contributed by atoms with van der Waals surface area (Å²) < 4.78 is 5.18. The topological polar surface area (TPSA) is 29.5 Å². The van der Waals surface area contributed by atoms with E-state index >= 15 is 0 Å². The third kappa shape index (κ3) is 2.82.